The number of hydrogen-bond acceptors (Lipinski definition) is 3. The second-order valence-corrected chi connectivity index (χ2v) is 6.71. The Hall–Kier alpha value is -1.68. The highest BCUT2D eigenvalue weighted by Gasteiger charge is 2.27. The zero-order valence-corrected chi connectivity index (χ0v) is 13.8. The van der Waals surface area contributed by atoms with Gasteiger partial charge in [0.1, 0.15) is 0 Å². The van der Waals surface area contributed by atoms with Crippen LogP contribution in [0.25, 0.3) is 0 Å². The van der Waals surface area contributed by atoms with Crippen molar-refractivity contribution in [2.45, 2.75) is 45.1 Å². The SMILES string of the molecule is Cc1ccc(C2CCCCN2C(=O)CCc2cscn2)cc1. The summed E-state index contributed by atoms with van der Waals surface area (Å²) in [5, 5.41) is 2.03. The predicted molar refractivity (Wildman–Crippen MR) is 89.9 cm³/mol. The minimum atomic E-state index is 0.247. The van der Waals surface area contributed by atoms with Gasteiger partial charge >= 0.3 is 0 Å². The van der Waals surface area contributed by atoms with Crippen molar-refractivity contribution >= 4 is 17.2 Å². The molecule has 116 valence electrons. The minimum Gasteiger partial charge on any atom is -0.336 e. The third-order valence-corrected chi connectivity index (χ3v) is 5.00. The Kier molecular flexibility index (Phi) is 4.88. The first-order valence-corrected chi connectivity index (χ1v) is 8.91. The number of piperidine rings is 1. The van der Waals surface area contributed by atoms with Crippen LogP contribution in [0.1, 0.15) is 48.5 Å². The van der Waals surface area contributed by atoms with Crippen LogP contribution in [-0.2, 0) is 11.2 Å². The number of rotatable bonds is 4. The molecule has 0 radical (unpaired) electrons. The van der Waals surface area contributed by atoms with Gasteiger partial charge in [-0.3, -0.25) is 4.79 Å². The first kappa shape index (κ1) is 15.2. The molecule has 2 aromatic rings. The number of likely N-dealkylation sites (tertiary alicyclic amines) is 1. The summed E-state index contributed by atoms with van der Waals surface area (Å²) in [4.78, 5) is 19.0. The van der Waals surface area contributed by atoms with Crippen molar-refractivity contribution in [3.63, 3.8) is 0 Å². The van der Waals surface area contributed by atoms with Crippen molar-refractivity contribution in [3.05, 3.63) is 52.0 Å². The van der Waals surface area contributed by atoms with Crippen LogP contribution < -0.4 is 0 Å². The Labute approximate surface area is 136 Å². The van der Waals surface area contributed by atoms with Crippen LogP contribution in [0, 0.1) is 6.92 Å². The van der Waals surface area contributed by atoms with Crippen molar-refractivity contribution in [2.75, 3.05) is 6.54 Å². The zero-order chi connectivity index (χ0) is 15.4. The number of thiazole rings is 1. The summed E-state index contributed by atoms with van der Waals surface area (Å²) in [6, 6.07) is 8.87. The Morgan fingerprint density at radius 2 is 2.14 bits per heavy atom. The van der Waals surface area contributed by atoms with Crippen LogP contribution in [0.5, 0.6) is 0 Å². The largest absolute Gasteiger partial charge is 0.336 e. The van der Waals surface area contributed by atoms with E-state index in [0.717, 1.165) is 31.5 Å². The molecular formula is C18H22N2OS. The predicted octanol–water partition coefficient (Wildman–Crippen LogP) is 4.14. The molecule has 4 heteroatoms. The van der Waals surface area contributed by atoms with Crippen LogP contribution >= 0.6 is 11.3 Å². The van der Waals surface area contributed by atoms with E-state index in [4.69, 9.17) is 0 Å². The molecule has 22 heavy (non-hydrogen) atoms. The molecule has 1 fully saturated rings. The Balaban J connectivity index is 1.68. The maximum atomic E-state index is 12.6. The van der Waals surface area contributed by atoms with E-state index in [1.807, 2.05) is 10.9 Å². The molecule has 1 aromatic heterocycles. The normalized spacial score (nSPS) is 18.4. The molecule has 0 spiro atoms. The van der Waals surface area contributed by atoms with Crippen LogP contribution in [0.2, 0.25) is 0 Å². The number of benzene rings is 1. The number of amides is 1. The van der Waals surface area contributed by atoms with Crippen molar-refractivity contribution < 1.29 is 4.79 Å². The summed E-state index contributed by atoms with van der Waals surface area (Å²) >= 11 is 1.59. The number of carbonyl (C=O) groups excluding carboxylic acids is 1. The molecule has 0 aliphatic carbocycles. The molecule has 2 heterocycles. The van der Waals surface area contributed by atoms with Crippen LogP contribution in [0.15, 0.2) is 35.2 Å². The molecule has 0 N–H and O–H groups in total. The maximum absolute atomic E-state index is 12.6. The molecular weight excluding hydrogens is 292 g/mol. The first-order chi connectivity index (χ1) is 10.7. The Morgan fingerprint density at radius 1 is 1.32 bits per heavy atom. The molecule has 3 rings (SSSR count). The number of nitrogens with zero attached hydrogens (tertiary/aromatic N) is 2. The standard InChI is InChI=1S/C18H22N2OS/c1-14-5-7-15(8-6-14)17-4-2-3-11-20(17)18(21)10-9-16-12-22-13-19-16/h5-8,12-13,17H,2-4,9-11H2,1H3. The summed E-state index contributed by atoms with van der Waals surface area (Å²) in [5.41, 5.74) is 5.39. The molecule has 0 bridgehead atoms. The Morgan fingerprint density at radius 3 is 2.86 bits per heavy atom. The molecule has 3 nitrogen and oxygen atoms in total. The molecule has 1 aliphatic rings. The van der Waals surface area contributed by atoms with Gasteiger partial charge in [0.15, 0.2) is 0 Å². The van der Waals surface area contributed by atoms with Gasteiger partial charge in [-0.2, -0.15) is 0 Å². The first-order valence-electron chi connectivity index (χ1n) is 7.97. The van der Waals surface area contributed by atoms with E-state index < -0.39 is 0 Å². The maximum Gasteiger partial charge on any atom is 0.223 e. The number of hydrogen-bond donors (Lipinski definition) is 0. The molecule has 1 aliphatic heterocycles. The fraction of sp³-hybridized carbons (Fsp3) is 0.444. The number of aryl methyl sites for hydroxylation is 2. The van der Waals surface area contributed by atoms with Crippen LogP contribution in [0.3, 0.4) is 0 Å². The lowest BCUT2D eigenvalue weighted by molar-refractivity contribution is -0.135. The molecule has 1 unspecified atom stereocenters. The summed E-state index contributed by atoms with van der Waals surface area (Å²) in [6.07, 6.45) is 4.70. The highest BCUT2D eigenvalue weighted by molar-refractivity contribution is 7.07. The second kappa shape index (κ2) is 7.05. The molecule has 1 amide bonds. The topological polar surface area (TPSA) is 33.2 Å². The van der Waals surface area contributed by atoms with Crippen LogP contribution in [-0.4, -0.2) is 22.3 Å². The highest BCUT2D eigenvalue weighted by Crippen LogP contribution is 2.31. The molecule has 1 aromatic carbocycles. The highest BCUT2D eigenvalue weighted by atomic mass is 32.1. The number of aromatic nitrogens is 1. The summed E-state index contributed by atoms with van der Waals surface area (Å²) in [6.45, 7) is 2.98. The summed E-state index contributed by atoms with van der Waals surface area (Å²) < 4.78 is 0. The van der Waals surface area contributed by atoms with E-state index in [1.165, 1.54) is 17.5 Å². The number of carbonyl (C=O) groups is 1. The quantitative estimate of drug-likeness (QED) is 0.850. The van der Waals surface area contributed by atoms with E-state index in [0.29, 0.717) is 6.42 Å². The van der Waals surface area contributed by atoms with Gasteiger partial charge in [-0.25, -0.2) is 4.98 Å². The molecule has 1 saturated heterocycles. The van der Waals surface area contributed by atoms with Gasteiger partial charge in [0.2, 0.25) is 5.91 Å². The minimum absolute atomic E-state index is 0.247. The monoisotopic (exact) mass is 314 g/mol. The van der Waals surface area contributed by atoms with E-state index in [2.05, 4.69) is 41.1 Å². The fourth-order valence-electron chi connectivity index (χ4n) is 3.10. The van der Waals surface area contributed by atoms with Crippen molar-refractivity contribution in [1.29, 1.82) is 0 Å². The van der Waals surface area contributed by atoms with E-state index in [9.17, 15) is 4.79 Å². The van der Waals surface area contributed by atoms with Crippen molar-refractivity contribution in [3.8, 4) is 0 Å². The van der Waals surface area contributed by atoms with E-state index in [-0.39, 0.29) is 11.9 Å². The van der Waals surface area contributed by atoms with E-state index >= 15 is 0 Å². The van der Waals surface area contributed by atoms with Crippen molar-refractivity contribution in [1.82, 2.24) is 9.88 Å². The summed E-state index contributed by atoms with van der Waals surface area (Å²) in [5.74, 6) is 0.262. The van der Waals surface area contributed by atoms with Crippen LogP contribution in [0.4, 0.5) is 0 Å². The lowest BCUT2D eigenvalue weighted by Crippen LogP contribution is -2.38. The smallest absolute Gasteiger partial charge is 0.223 e. The van der Waals surface area contributed by atoms with Gasteiger partial charge in [-0.05, 0) is 38.2 Å². The average molecular weight is 314 g/mol. The second-order valence-electron chi connectivity index (χ2n) is 5.99. The zero-order valence-electron chi connectivity index (χ0n) is 13.0. The van der Waals surface area contributed by atoms with Gasteiger partial charge < -0.3 is 4.90 Å². The van der Waals surface area contributed by atoms with Gasteiger partial charge in [0.25, 0.3) is 0 Å². The third kappa shape index (κ3) is 3.55. The molecule has 0 saturated carbocycles. The average Bonchev–Trinajstić information content (AvgIpc) is 3.07. The van der Waals surface area contributed by atoms with Gasteiger partial charge in [-0.15, -0.1) is 11.3 Å². The third-order valence-electron chi connectivity index (χ3n) is 4.36. The van der Waals surface area contributed by atoms with Gasteiger partial charge in [0.05, 0.1) is 17.2 Å². The van der Waals surface area contributed by atoms with Gasteiger partial charge in [0, 0.05) is 18.3 Å². The summed E-state index contributed by atoms with van der Waals surface area (Å²) in [7, 11) is 0. The fourth-order valence-corrected chi connectivity index (χ4v) is 3.70. The molecule has 1 atom stereocenters. The van der Waals surface area contributed by atoms with Gasteiger partial charge in [-0.1, -0.05) is 29.8 Å². The Bertz CT molecular complexity index is 607. The van der Waals surface area contributed by atoms with Crippen molar-refractivity contribution in [2.24, 2.45) is 0 Å². The lowest BCUT2D eigenvalue weighted by Gasteiger charge is -2.36. The lowest BCUT2D eigenvalue weighted by atomic mass is 9.94. The van der Waals surface area contributed by atoms with E-state index in [1.54, 1.807) is 11.3 Å².